The summed E-state index contributed by atoms with van der Waals surface area (Å²) < 4.78 is 0. The lowest BCUT2D eigenvalue weighted by Gasteiger charge is -2.13. The molecule has 0 aromatic carbocycles. The number of carboxylic acid groups (broad SMARTS) is 1. The number of ketones is 1. The summed E-state index contributed by atoms with van der Waals surface area (Å²) >= 11 is 0. The van der Waals surface area contributed by atoms with E-state index >= 15 is 0 Å². The maximum absolute atomic E-state index is 11.9. The van der Waals surface area contributed by atoms with E-state index in [2.05, 4.69) is 19.1 Å². The fraction of sp³-hybridized carbons (Fsp3) is 0.455. The molecule has 0 fully saturated rings. The van der Waals surface area contributed by atoms with E-state index < -0.39 is 12.1 Å². The minimum absolute atomic E-state index is 0.0484. The summed E-state index contributed by atoms with van der Waals surface area (Å²) in [6, 6.07) is 0. The fourth-order valence-corrected chi connectivity index (χ4v) is 2.70. The number of aliphatic hydroxyl groups excluding tert-OH is 1. The molecule has 3 atom stereocenters. The molecule has 0 saturated carbocycles. The van der Waals surface area contributed by atoms with Crippen LogP contribution >= 0.6 is 0 Å². The van der Waals surface area contributed by atoms with Crippen LogP contribution in [0.4, 0.5) is 0 Å². The van der Waals surface area contributed by atoms with Gasteiger partial charge in [0.1, 0.15) is 0 Å². The summed E-state index contributed by atoms with van der Waals surface area (Å²) in [4.78, 5) is 22.3. The molecule has 0 saturated heterocycles. The Morgan fingerprint density at radius 1 is 1.19 bits per heavy atom. The molecule has 4 heteroatoms. The van der Waals surface area contributed by atoms with E-state index in [1.807, 2.05) is 36.5 Å². The lowest BCUT2D eigenvalue weighted by molar-refractivity contribution is -0.136. The van der Waals surface area contributed by atoms with E-state index in [1.54, 1.807) is 12.2 Å². The van der Waals surface area contributed by atoms with Crippen LogP contribution in [0, 0.1) is 11.8 Å². The van der Waals surface area contributed by atoms with Crippen molar-refractivity contribution in [1.29, 1.82) is 0 Å². The molecule has 142 valence electrons. The number of rotatable bonds is 12. The first-order chi connectivity index (χ1) is 12.5. The van der Waals surface area contributed by atoms with Crippen LogP contribution in [0.3, 0.4) is 0 Å². The molecule has 0 aliphatic heterocycles. The van der Waals surface area contributed by atoms with E-state index in [4.69, 9.17) is 5.11 Å². The summed E-state index contributed by atoms with van der Waals surface area (Å²) in [6.07, 6.45) is 22.1. The van der Waals surface area contributed by atoms with Crippen LogP contribution in [-0.4, -0.2) is 28.1 Å². The normalized spacial score (nSPS) is 21.8. The number of aliphatic hydroxyl groups is 1. The average Bonchev–Trinajstić information content (AvgIpc) is 2.95. The molecule has 1 aliphatic rings. The third-order valence-corrected chi connectivity index (χ3v) is 4.17. The highest BCUT2D eigenvalue weighted by atomic mass is 16.4. The van der Waals surface area contributed by atoms with Crippen LogP contribution in [0.5, 0.6) is 0 Å². The molecule has 2 N–H and O–H groups in total. The zero-order valence-electron chi connectivity index (χ0n) is 15.5. The highest BCUT2D eigenvalue weighted by Crippen LogP contribution is 2.27. The summed E-state index contributed by atoms with van der Waals surface area (Å²) in [5.41, 5.74) is 0. The maximum atomic E-state index is 11.9. The van der Waals surface area contributed by atoms with Crippen molar-refractivity contribution < 1.29 is 19.8 Å². The van der Waals surface area contributed by atoms with E-state index in [0.29, 0.717) is 12.8 Å². The zero-order chi connectivity index (χ0) is 19.2. The second kappa shape index (κ2) is 13.1. The molecule has 1 rings (SSSR count). The van der Waals surface area contributed by atoms with Crippen LogP contribution in [-0.2, 0) is 9.59 Å². The van der Waals surface area contributed by atoms with E-state index in [0.717, 1.165) is 19.3 Å². The Morgan fingerprint density at radius 2 is 1.96 bits per heavy atom. The predicted octanol–water partition coefficient (Wildman–Crippen LogP) is 4.39. The van der Waals surface area contributed by atoms with Gasteiger partial charge in [0.15, 0.2) is 5.78 Å². The minimum atomic E-state index is -0.789. The van der Waals surface area contributed by atoms with Gasteiger partial charge in [-0.3, -0.25) is 9.59 Å². The first-order valence-corrected chi connectivity index (χ1v) is 9.29. The van der Waals surface area contributed by atoms with Gasteiger partial charge in [0.25, 0.3) is 0 Å². The van der Waals surface area contributed by atoms with Gasteiger partial charge in [-0.2, -0.15) is 0 Å². The third-order valence-electron chi connectivity index (χ3n) is 4.17. The number of hydrogen-bond donors (Lipinski definition) is 2. The van der Waals surface area contributed by atoms with E-state index in [9.17, 15) is 14.7 Å². The smallest absolute Gasteiger partial charge is 0.303 e. The molecule has 0 amide bonds. The van der Waals surface area contributed by atoms with Gasteiger partial charge < -0.3 is 10.2 Å². The van der Waals surface area contributed by atoms with Gasteiger partial charge in [0.2, 0.25) is 0 Å². The highest BCUT2D eigenvalue weighted by molar-refractivity contribution is 5.95. The van der Waals surface area contributed by atoms with Gasteiger partial charge in [-0.05, 0) is 38.2 Å². The van der Waals surface area contributed by atoms with Crippen LogP contribution < -0.4 is 0 Å². The number of carboxylic acids is 1. The van der Waals surface area contributed by atoms with Crippen molar-refractivity contribution in [3.63, 3.8) is 0 Å². The molecular formula is C22H30O4. The second-order valence-electron chi connectivity index (χ2n) is 6.36. The number of hydrogen-bond acceptors (Lipinski definition) is 3. The van der Waals surface area contributed by atoms with Gasteiger partial charge in [0, 0.05) is 18.3 Å². The van der Waals surface area contributed by atoms with Gasteiger partial charge in [-0.1, -0.05) is 61.6 Å². The first kappa shape index (κ1) is 21.8. The number of allylic oxidation sites excluding steroid dienone is 8. The topological polar surface area (TPSA) is 74.6 Å². The Morgan fingerprint density at radius 3 is 2.69 bits per heavy atom. The zero-order valence-corrected chi connectivity index (χ0v) is 15.5. The van der Waals surface area contributed by atoms with Crippen molar-refractivity contribution in [1.82, 2.24) is 0 Å². The van der Waals surface area contributed by atoms with Crippen LogP contribution in [0.1, 0.15) is 45.4 Å². The van der Waals surface area contributed by atoms with Gasteiger partial charge in [0.05, 0.1) is 6.10 Å². The Kier molecular flexibility index (Phi) is 11.0. The fourth-order valence-electron chi connectivity index (χ4n) is 2.70. The Labute approximate surface area is 156 Å². The number of carbonyl (C=O) groups is 2. The van der Waals surface area contributed by atoms with Crippen molar-refractivity contribution in [3.8, 4) is 0 Å². The van der Waals surface area contributed by atoms with Crippen molar-refractivity contribution >= 4 is 11.8 Å². The summed E-state index contributed by atoms with van der Waals surface area (Å²) in [5.74, 6) is -0.625. The second-order valence-corrected chi connectivity index (χ2v) is 6.36. The molecule has 1 aliphatic carbocycles. The molecule has 0 unspecified atom stereocenters. The molecular weight excluding hydrogens is 328 g/mol. The largest absolute Gasteiger partial charge is 0.481 e. The number of carbonyl (C=O) groups excluding carboxylic acids is 1. The highest BCUT2D eigenvalue weighted by Gasteiger charge is 2.26. The van der Waals surface area contributed by atoms with Crippen LogP contribution in [0.25, 0.3) is 0 Å². The molecule has 0 heterocycles. The Hall–Kier alpha value is -2.20. The average molecular weight is 358 g/mol. The molecule has 26 heavy (non-hydrogen) atoms. The summed E-state index contributed by atoms with van der Waals surface area (Å²) in [7, 11) is 0. The summed E-state index contributed by atoms with van der Waals surface area (Å²) in [6.45, 7) is 2.07. The predicted molar refractivity (Wildman–Crippen MR) is 105 cm³/mol. The van der Waals surface area contributed by atoms with Crippen LogP contribution in [0.15, 0.2) is 60.8 Å². The van der Waals surface area contributed by atoms with Crippen LogP contribution in [0.2, 0.25) is 0 Å². The van der Waals surface area contributed by atoms with E-state index in [1.165, 1.54) is 0 Å². The SMILES string of the molecule is CC/C=C\C[C@H]1C(=O)C=C[C@@H]1/C=C/[C@H](O)C/C=C\C/C=C\CCC(=O)O. The number of aliphatic carboxylic acids is 1. The summed E-state index contributed by atoms with van der Waals surface area (Å²) in [5, 5.41) is 18.6. The lowest BCUT2D eigenvalue weighted by Crippen LogP contribution is -2.14. The van der Waals surface area contributed by atoms with Crippen molar-refractivity contribution in [2.24, 2.45) is 11.8 Å². The van der Waals surface area contributed by atoms with Gasteiger partial charge in [-0.15, -0.1) is 0 Å². The molecule has 0 aromatic heterocycles. The maximum Gasteiger partial charge on any atom is 0.303 e. The standard InChI is InChI=1S/C22H30O4/c1-2-3-8-12-20-18(15-17-21(20)24)14-16-19(23)11-9-6-4-5-7-10-13-22(25)26/h3,5-9,14-20,23H,2,4,10-13H2,1H3,(H,25,26)/b7-5-,8-3-,9-6-,16-14+/t18-,19+,20+/m0/s1. The van der Waals surface area contributed by atoms with Crippen molar-refractivity contribution in [3.05, 3.63) is 60.8 Å². The van der Waals surface area contributed by atoms with Gasteiger partial charge >= 0.3 is 5.97 Å². The minimum Gasteiger partial charge on any atom is -0.481 e. The Bertz CT molecular complexity index is 581. The van der Waals surface area contributed by atoms with E-state index in [-0.39, 0.29) is 24.0 Å². The first-order valence-electron chi connectivity index (χ1n) is 9.29. The molecule has 0 radical (unpaired) electrons. The van der Waals surface area contributed by atoms with Crippen molar-refractivity contribution in [2.45, 2.75) is 51.6 Å². The molecule has 0 aromatic rings. The quantitative estimate of drug-likeness (QED) is 0.507. The lowest BCUT2D eigenvalue weighted by atomic mass is 9.90. The van der Waals surface area contributed by atoms with Gasteiger partial charge in [-0.25, -0.2) is 0 Å². The third kappa shape index (κ3) is 9.33. The molecule has 4 nitrogen and oxygen atoms in total. The molecule has 0 bridgehead atoms. The Balaban J connectivity index is 2.32. The van der Waals surface area contributed by atoms with Crippen molar-refractivity contribution in [2.75, 3.05) is 0 Å². The molecule has 0 spiro atoms. The monoisotopic (exact) mass is 358 g/mol.